The van der Waals surface area contributed by atoms with Crippen LogP contribution in [0.2, 0.25) is 0 Å². The second-order valence-corrected chi connectivity index (χ2v) is 6.24. The van der Waals surface area contributed by atoms with Crippen LogP contribution in [-0.4, -0.2) is 35.0 Å². The minimum absolute atomic E-state index is 0.0686. The maximum absolute atomic E-state index is 13.1. The summed E-state index contributed by atoms with van der Waals surface area (Å²) in [5.74, 6) is -1.02. The van der Waals surface area contributed by atoms with Crippen molar-refractivity contribution in [2.45, 2.75) is 44.9 Å². The largest absolute Gasteiger partial charge is 0.481 e. The lowest BCUT2D eigenvalue weighted by molar-refractivity contribution is -0.137. The van der Waals surface area contributed by atoms with Crippen molar-refractivity contribution in [2.24, 2.45) is 5.92 Å². The molecule has 1 aromatic rings. The van der Waals surface area contributed by atoms with Gasteiger partial charge < -0.3 is 10.0 Å². The molecule has 1 aromatic carbocycles. The van der Waals surface area contributed by atoms with Gasteiger partial charge >= 0.3 is 5.97 Å². The molecule has 4 nitrogen and oxygen atoms in total. The first-order valence-electron chi connectivity index (χ1n) is 8.27. The van der Waals surface area contributed by atoms with Gasteiger partial charge in [0.1, 0.15) is 5.82 Å². The molecule has 126 valence electrons. The molecule has 2 rings (SSSR count). The molecule has 1 N–H and O–H groups in total. The highest BCUT2D eigenvalue weighted by atomic mass is 19.1. The molecule has 1 fully saturated rings. The van der Waals surface area contributed by atoms with E-state index in [1.165, 1.54) is 12.1 Å². The normalized spacial score (nSPS) is 19.4. The Balaban J connectivity index is 2.02. The van der Waals surface area contributed by atoms with Crippen LogP contribution in [0.3, 0.4) is 0 Å². The zero-order valence-corrected chi connectivity index (χ0v) is 13.5. The van der Waals surface area contributed by atoms with Crippen LogP contribution in [0.4, 0.5) is 4.39 Å². The lowest BCUT2D eigenvalue weighted by Crippen LogP contribution is -2.42. The first-order valence-corrected chi connectivity index (χ1v) is 8.27. The van der Waals surface area contributed by atoms with Crippen LogP contribution < -0.4 is 0 Å². The molecule has 0 spiro atoms. The van der Waals surface area contributed by atoms with Crippen LogP contribution in [0.25, 0.3) is 0 Å². The summed E-state index contributed by atoms with van der Waals surface area (Å²) in [6.07, 6.45) is 3.33. The lowest BCUT2D eigenvalue weighted by Gasteiger charge is -2.35. The topological polar surface area (TPSA) is 57.6 Å². The molecule has 0 radical (unpaired) electrons. The number of piperidine rings is 1. The Hall–Kier alpha value is -1.91. The van der Waals surface area contributed by atoms with Crippen LogP contribution in [0, 0.1) is 11.7 Å². The average Bonchev–Trinajstić information content (AvgIpc) is 2.55. The monoisotopic (exact) mass is 321 g/mol. The van der Waals surface area contributed by atoms with Gasteiger partial charge in [-0.3, -0.25) is 9.59 Å². The maximum Gasteiger partial charge on any atom is 0.303 e. The number of aliphatic carboxylic acids is 1. The fraction of sp³-hybridized carbons (Fsp3) is 0.556. The van der Waals surface area contributed by atoms with Crippen LogP contribution in [-0.2, 0) is 9.59 Å². The van der Waals surface area contributed by atoms with Crippen molar-refractivity contribution in [1.29, 1.82) is 0 Å². The smallest absolute Gasteiger partial charge is 0.303 e. The number of hydrogen-bond donors (Lipinski definition) is 1. The molecule has 2 atom stereocenters. The van der Waals surface area contributed by atoms with Gasteiger partial charge in [-0.05, 0) is 49.3 Å². The molecular formula is C18H24FNO3. The van der Waals surface area contributed by atoms with E-state index in [2.05, 4.69) is 0 Å². The molecule has 2 unspecified atom stereocenters. The van der Waals surface area contributed by atoms with Crippen molar-refractivity contribution in [3.05, 3.63) is 35.6 Å². The van der Waals surface area contributed by atoms with Crippen LogP contribution in [0.15, 0.2) is 24.3 Å². The zero-order chi connectivity index (χ0) is 16.8. The number of rotatable bonds is 6. The minimum atomic E-state index is -0.786. The first kappa shape index (κ1) is 17.4. The molecule has 5 heteroatoms. The summed E-state index contributed by atoms with van der Waals surface area (Å²) in [4.78, 5) is 25.4. The van der Waals surface area contributed by atoms with E-state index in [0.717, 1.165) is 24.9 Å². The van der Waals surface area contributed by atoms with Gasteiger partial charge in [0.05, 0.1) is 5.92 Å². The Morgan fingerprint density at radius 3 is 2.65 bits per heavy atom. The maximum atomic E-state index is 13.1. The van der Waals surface area contributed by atoms with Crippen molar-refractivity contribution >= 4 is 11.9 Å². The summed E-state index contributed by atoms with van der Waals surface area (Å²) in [7, 11) is 0. The minimum Gasteiger partial charge on any atom is -0.481 e. The molecule has 1 heterocycles. The average molecular weight is 321 g/mol. The number of likely N-dealkylation sites (tertiary alicyclic amines) is 1. The molecule has 1 saturated heterocycles. The molecule has 23 heavy (non-hydrogen) atoms. The first-order chi connectivity index (χ1) is 11.0. The molecule has 1 amide bonds. The van der Waals surface area contributed by atoms with Gasteiger partial charge in [0.15, 0.2) is 0 Å². The SMILES string of the molecule is CCC(C(=O)N1CCCC(CCC(=O)O)C1)c1ccc(F)cc1. The third-order valence-electron chi connectivity index (χ3n) is 4.58. The quantitative estimate of drug-likeness (QED) is 0.873. The molecule has 1 aliphatic heterocycles. The number of carboxylic acid groups (broad SMARTS) is 1. The van der Waals surface area contributed by atoms with E-state index in [-0.39, 0.29) is 30.0 Å². The number of amides is 1. The summed E-state index contributed by atoms with van der Waals surface area (Å²) < 4.78 is 13.1. The number of carbonyl (C=O) groups excluding carboxylic acids is 1. The Kier molecular flexibility index (Phi) is 6.13. The van der Waals surface area contributed by atoms with Gasteiger partial charge in [-0.2, -0.15) is 0 Å². The Morgan fingerprint density at radius 1 is 1.35 bits per heavy atom. The van der Waals surface area contributed by atoms with Crippen molar-refractivity contribution in [3.63, 3.8) is 0 Å². The molecule has 0 bridgehead atoms. The van der Waals surface area contributed by atoms with Crippen LogP contribution in [0.5, 0.6) is 0 Å². The van der Waals surface area contributed by atoms with E-state index in [1.807, 2.05) is 11.8 Å². The highest BCUT2D eigenvalue weighted by Crippen LogP contribution is 2.27. The molecule has 1 aliphatic rings. The number of carboxylic acids is 1. The van der Waals surface area contributed by atoms with E-state index in [1.54, 1.807) is 12.1 Å². The standard InChI is InChI=1S/C18H24FNO3/c1-2-16(14-6-8-15(19)9-7-14)18(23)20-11-3-4-13(12-20)5-10-17(21)22/h6-9,13,16H,2-5,10-12H2,1H3,(H,21,22). The highest BCUT2D eigenvalue weighted by Gasteiger charge is 2.29. The van der Waals surface area contributed by atoms with Gasteiger partial charge in [-0.1, -0.05) is 19.1 Å². The third-order valence-corrected chi connectivity index (χ3v) is 4.58. The fourth-order valence-electron chi connectivity index (χ4n) is 3.30. The number of halogens is 1. The van der Waals surface area contributed by atoms with E-state index in [9.17, 15) is 14.0 Å². The van der Waals surface area contributed by atoms with Crippen molar-refractivity contribution in [3.8, 4) is 0 Å². The van der Waals surface area contributed by atoms with Crippen molar-refractivity contribution in [1.82, 2.24) is 4.90 Å². The van der Waals surface area contributed by atoms with Gasteiger partial charge in [0.25, 0.3) is 0 Å². The van der Waals surface area contributed by atoms with Gasteiger partial charge in [0.2, 0.25) is 5.91 Å². The Labute approximate surface area is 136 Å². The molecule has 0 saturated carbocycles. The van der Waals surface area contributed by atoms with Crippen LogP contribution >= 0.6 is 0 Å². The number of benzene rings is 1. The Morgan fingerprint density at radius 2 is 2.04 bits per heavy atom. The summed E-state index contributed by atoms with van der Waals surface area (Å²) in [6.45, 7) is 3.31. The molecule has 0 aromatic heterocycles. The van der Waals surface area contributed by atoms with E-state index in [0.29, 0.717) is 19.4 Å². The van der Waals surface area contributed by atoms with E-state index < -0.39 is 5.97 Å². The third kappa shape index (κ3) is 4.78. The summed E-state index contributed by atoms with van der Waals surface area (Å²) >= 11 is 0. The second-order valence-electron chi connectivity index (χ2n) is 6.24. The summed E-state index contributed by atoms with van der Waals surface area (Å²) in [6, 6.07) is 6.12. The molecular weight excluding hydrogens is 297 g/mol. The van der Waals surface area contributed by atoms with Gasteiger partial charge in [-0.15, -0.1) is 0 Å². The predicted molar refractivity (Wildman–Crippen MR) is 85.6 cm³/mol. The van der Waals surface area contributed by atoms with Gasteiger partial charge in [-0.25, -0.2) is 4.39 Å². The summed E-state index contributed by atoms with van der Waals surface area (Å²) in [5.41, 5.74) is 0.839. The van der Waals surface area contributed by atoms with Crippen molar-refractivity contribution in [2.75, 3.05) is 13.1 Å². The molecule has 0 aliphatic carbocycles. The predicted octanol–water partition coefficient (Wildman–Crippen LogP) is 3.42. The summed E-state index contributed by atoms with van der Waals surface area (Å²) in [5, 5.41) is 8.81. The Bertz CT molecular complexity index is 544. The second kappa shape index (κ2) is 8.09. The zero-order valence-electron chi connectivity index (χ0n) is 13.5. The fourth-order valence-corrected chi connectivity index (χ4v) is 3.30. The number of nitrogens with zero attached hydrogens (tertiary/aromatic N) is 1. The number of hydrogen-bond acceptors (Lipinski definition) is 2. The van der Waals surface area contributed by atoms with E-state index in [4.69, 9.17) is 5.11 Å². The number of carbonyl (C=O) groups is 2. The lowest BCUT2D eigenvalue weighted by atomic mass is 9.90. The van der Waals surface area contributed by atoms with Crippen molar-refractivity contribution < 1.29 is 19.1 Å². The highest BCUT2D eigenvalue weighted by molar-refractivity contribution is 5.83. The van der Waals surface area contributed by atoms with E-state index >= 15 is 0 Å². The van der Waals surface area contributed by atoms with Crippen LogP contribution in [0.1, 0.15) is 50.5 Å². The van der Waals surface area contributed by atoms with Gasteiger partial charge in [0, 0.05) is 19.5 Å².